The molecule has 1 unspecified atom stereocenters. The van der Waals surface area contributed by atoms with E-state index in [1.165, 1.54) is 5.56 Å². The van der Waals surface area contributed by atoms with E-state index in [2.05, 4.69) is 41.1 Å². The number of rotatable bonds is 5. The fraction of sp³-hybridized carbons (Fsp3) is 0.250. The Hall–Kier alpha value is -0.190. The van der Waals surface area contributed by atoms with Crippen molar-refractivity contribution in [3.8, 4) is 0 Å². The van der Waals surface area contributed by atoms with Gasteiger partial charge in [0.2, 0.25) is 0 Å². The average Bonchev–Trinajstić information content (AvgIpc) is 2.45. The van der Waals surface area contributed by atoms with Crippen molar-refractivity contribution in [2.24, 2.45) is 5.73 Å². The predicted octanol–water partition coefficient (Wildman–Crippen LogP) is 6.19. The first-order chi connectivity index (χ1) is 9.99. The molecule has 0 aliphatic rings. The van der Waals surface area contributed by atoms with Gasteiger partial charge in [-0.1, -0.05) is 63.9 Å². The second-order valence-corrected chi connectivity index (χ2v) is 7.62. The lowest BCUT2D eigenvalue weighted by atomic mass is 10.1. The minimum absolute atomic E-state index is 0.196. The molecule has 1 nitrogen and oxygen atoms in total. The van der Waals surface area contributed by atoms with Crippen LogP contribution in [0.2, 0.25) is 10.0 Å². The van der Waals surface area contributed by atoms with Gasteiger partial charge in [0.1, 0.15) is 0 Å². The van der Waals surface area contributed by atoms with Crippen LogP contribution in [0.15, 0.2) is 50.7 Å². The molecule has 21 heavy (non-hydrogen) atoms. The summed E-state index contributed by atoms with van der Waals surface area (Å²) >= 11 is 17.4. The fourth-order valence-electron chi connectivity index (χ4n) is 1.87. The number of halogens is 3. The lowest BCUT2D eigenvalue weighted by Crippen LogP contribution is -2.21. The highest BCUT2D eigenvalue weighted by atomic mass is 79.9. The van der Waals surface area contributed by atoms with Crippen molar-refractivity contribution in [2.45, 2.75) is 35.6 Å². The Morgan fingerprint density at radius 3 is 2.62 bits per heavy atom. The standard InChI is InChI=1S/C16H16BrCl2NS/c1-2-12(20)7-10-3-5-13(9-14(10)17)21-16-8-11(18)4-6-15(16)19/h3-6,8-9,12H,2,7,20H2,1H3. The van der Waals surface area contributed by atoms with Crippen LogP contribution in [0.3, 0.4) is 0 Å². The molecule has 2 aromatic carbocycles. The fourth-order valence-corrected chi connectivity index (χ4v) is 3.95. The van der Waals surface area contributed by atoms with E-state index in [9.17, 15) is 0 Å². The van der Waals surface area contributed by atoms with E-state index >= 15 is 0 Å². The maximum absolute atomic E-state index is 6.20. The van der Waals surface area contributed by atoms with Gasteiger partial charge in [-0.05, 0) is 48.7 Å². The smallest absolute Gasteiger partial charge is 0.0546 e. The van der Waals surface area contributed by atoms with Crippen molar-refractivity contribution in [2.75, 3.05) is 0 Å². The van der Waals surface area contributed by atoms with E-state index in [1.54, 1.807) is 17.8 Å². The normalized spacial score (nSPS) is 12.4. The van der Waals surface area contributed by atoms with Crippen molar-refractivity contribution in [1.82, 2.24) is 0 Å². The van der Waals surface area contributed by atoms with Gasteiger partial charge in [0.25, 0.3) is 0 Å². The molecule has 2 N–H and O–H groups in total. The third kappa shape index (κ3) is 4.90. The number of hydrogen-bond acceptors (Lipinski definition) is 2. The molecule has 0 amide bonds. The molecule has 0 fully saturated rings. The summed E-state index contributed by atoms with van der Waals surface area (Å²) in [5.41, 5.74) is 7.24. The van der Waals surface area contributed by atoms with Crippen molar-refractivity contribution < 1.29 is 0 Å². The molecule has 0 bridgehead atoms. The SMILES string of the molecule is CCC(N)Cc1ccc(Sc2cc(Cl)ccc2Cl)cc1Br. The van der Waals surface area contributed by atoms with Gasteiger partial charge in [0.15, 0.2) is 0 Å². The van der Waals surface area contributed by atoms with E-state index in [-0.39, 0.29) is 6.04 Å². The Kier molecular flexibility index (Phi) is 6.45. The molecule has 2 aromatic rings. The molecular weight excluding hydrogens is 389 g/mol. The van der Waals surface area contributed by atoms with E-state index < -0.39 is 0 Å². The predicted molar refractivity (Wildman–Crippen MR) is 96.7 cm³/mol. The second-order valence-electron chi connectivity index (χ2n) is 4.80. The monoisotopic (exact) mass is 403 g/mol. The van der Waals surface area contributed by atoms with Crippen LogP contribution in [0.5, 0.6) is 0 Å². The van der Waals surface area contributed by atoms with Crippen molar-refractivity contribution >= 4 is 50.9 Å². The summed E-state index contributed by atoms with van der Waals surface area (Å²) in [6, 6.07) is 12.0. The van der Waals surface area contributed by atoms with Crippen LogP contribution in [0.4, 0.5) is 0 Å². The summed E-state index contributed by atoms with van der Waals surface area (Å²) < 4.78 is 1.08. The molecule has 0 aromatic heterocycles. The van der Waals surface area contributed by atoms with Crippen molar-refractivity contribution in [3.63, 3.8) is 0 Å². The van der Waals surface area contributed by atoms with Gasteiger partial charge in [-0.25, -0.2) is 0 Å². The Balaban J connectivity index is 2.18. The zero-order chi connectivity index (χ0) is 15.4. The maximum atomic E-state index is 6.20. The van der Waals surface area contributed by atoms with Crippen LogP contribution >= 0.6 is 50.9 Å². The molecule has 0 radical (unpaired) electrons. The van der Waals surface area contributed by atoms with Crippen molar-refractivity contribution in [1.29, 1.82) is 0 Å². The summed E-state index contributed by atoms with van der Waals surface area (Å²) in [6.07, 6.45) is 1.85. The zero-order valence-electron chi connectivity index (χ0n) is 11.6. The van der Waals surface area contributed by atoms with Crippen LogP contribution in [-0.4, -0.2) is 6.04 Å². The maximum Gasteiger partial charge on any atom is 0.0546 e. The lowest BCUT2D eigenvalue weighted by Gasteiger charge is -2.12. The van der Waals surface area contributed by atoms with Gasteiger partial charge < -0.3 is 5.73 Å². The molecule has 112 valence electrons. The largest absolute Gasteiger partial charge is 0.327 e. The van der Waals surface area contributed by atoms with Crippen LogP contribution in [-0.2, 0) is 6.42 Å². The minimum Gasteiger partial charge on any atom is -0.327 e. The summed E-state index contributed by atoms with van der Waals surface area (Å²) in [5, 5.41) is 1.39. The van der Waals surface area contributed by atoms with Crippen LogP contribution in [0.25, 0.3) is 0 Å². The van der Waals surface area contributed by atoms with Gasteiger partial charge in [-0.15, -0.1) is 0 Å². The van der Waals surface area contributed by atoms with E-state index in [1.807, 2.05) is 12.1 Å². The molecular formula is C16H16BrCl2NS. The quantitative estimate of drug-likeness (QED) is 0.642. The number of hydrogen-bond donors (Lipinski definition) is 1. The molecule has 0 aliphatic heterocycles. The summed E-state index contributed by atoms with van der Waals surface area (Å²) in [7, 11) is 0. The van der Waals surface area contributed by atoms with Gasteiger partial charge in [-0.3, -0.25) is 0 Å². The van der Waals surface area contributed by atoms with Gasteiger partial charge in [0.05, 0.1) is 5.02 Å². The Bertz CT molecular complexity index is 634. The highest BCUT2D eigenvalue weighted by Gasteiger charge is 2.08. The van der Waals surface area contributed by atoms with Crippen molar-refractivity contribution in [3.05, 3.63) is 56.5 Å². The number of benzene rings is 2. The summed E-state index contributed by atoms with van der Waals surface area (Å²) in [6.45, 7) is 2.10. The van der Waals surface area contributed by atoms with Gasteiger partial charge in [-0.2, -0.15) is 0 Å². The topological polar surface area (TPSA) is 26.0 Å². The third-order valence-electron chi connectivity index (χ3n) is 3.15. The van der Waals surface area contributed by atoms with Gasteiger partial charge in [0, 0.05) is 25.3 Å². The Morgan fingerprint density at radius 2 is 1.95 bits per heavy atom. The van der Waals surface area contributed by atoms with Gasteiger partial charge >= 0.3 is 0 Å². The first kappa shape index (κ1) is 17.2. The van der Waals surface area contributed by atoms with E-state index in [4.69, 9.17) is 28.9 Å². The number of nitrogens with two attached hydrogens (primary N) is 1. The molecule has 1 atom stereocenters. The Morgan fingerprint density at radius 1 is 1.19 bits per heavy atom. The van der Waals surface area contributed by atoms with Crippen LogP contribution < -0.4 is 5.73 Å². The highest BCUT2D eigenvalue weighted by molar-refractivity contribution is 9.10. The molecule has 2 rings (SSSR count). The molecule has 0 aliphatic carbocycles. The highest BCUT2D eigenvalue weighted by Crippen LogP contribution is 2.36. The van der Waals surface area contributed by atoms with E-state index in [0.717, 1.165) is 27.1 Å². The van der Waals surface area contributed by atoms with E-state index in [0.29, 0.717) is 10.0 Å². The average molecular weight is 405 g/mol. The molecule has 5 heteroatoms. The summed E-state index contributed by atoms with van der Waals surface area (Å²) in [5.74, 6) is 0. The molecule has 0 saturated heterocycles. The van der Waals surface area contributed by atoms with Crippen LogP contribution in [0, 0.1) is 0 Å². The Labute approximate surface area is 148 Å². The first-order valence-electron chi connectivity index (χ1n) is 6.66. The molecule has 0 spiro atoms. The second kappa shape index (κ2) is 7.89. The third-order valence-corrected chi connectivity index (χ3v) is 5.61. The molecule has 0 saturated carbocycles. The lowest BCUT2D eigenvalue weighted by molar-refractivity contribution is 0.645. The summed E-state index contributed by atoms with van der Waals surface area (Å²) in [4.78, 5) is 2.06. The first-order valence-corrected chi connectivity index (χ1v) is 9.03. The zero-order valence-corrected chi connectivity index (χ0v) is 15.5. The minimum atomic E-state index is 0.196. The van der Waals surface area contributed by atoms with Crippen LogP contribution in [0.1, 0.15) is 18.9 Å². The molecule has 0 heterocycles.